The van der Waals surface area contributed by atoms with Gasteiger partial charge in [0.1, 0.15) is 5.21 Å². The minimum absolute atomic E-state index is 0.0858. The Morgan fingerprint density at radius 2 is 1.76 bits per heavy atom. The molecule has 102 valence electrons. The highest BCUT2D eigenvalue weighted by Gasteiger charge is 2.32. The predicted molar refractivity (Wildman–Crippen MR) is 72.6 cm³/mol. The molecule has 0 bridgehead atoms. The van der Waals surface area contributed by atoms with Crippen LogP contribution in [0.1, 0.15) is 52.9 Å². The van der Waals surface area contributed by atoms with Crippen LogP contribution >= 0.6 is 11.6 Å². The molecule has 0 aliphatic heterocycles. The third kappa shape index (κ3) is 4.42. The highest BCUT2D eigenvalue weighted by atomic mass is 35.5. The second kappa shape index (κ2) is 5.89. The zero-order chi connectivity index (χ0) is 13.1. The fraction of sp³-hybridized carbons (Fsp3) is 1.00. The molecule has 0 aromatic rings. The van der Waals surface area contributed by atoms with Gasteiger partial charge < -0.3 is 0 Å². The van der Waals surface area contributed by atoms with Crippen molar-refractivity contribution >= 4 is 21.6 Å². The third-order valence-corrected chi connectivity index (χ3v) is 6.08. The molecule has 0 radical (unpaired) electrons. The largest absolute Gasteiger partial charge is 0.225 e. The maximum atomic E-state index is 11.4. The van der Waals surface area contributed by atoms with Crippen LogP contribution in [0.5, 0.6) is 0 Å². The van der Waals surface area contributed by atoms with Crippen LogP contribution in [0.4, 0.5) is 0 Å². The molecule has 0 aromatic carbocycles. The standard InChI is InChI=1S/C12H24ClNO2S/c1-4-12(2,3)10-5-7-11(8-6-10)14-17(15,16)9-13/h10-11,14H,4-9H2,1-3H3. The summed E-state index contributed by atoms with van der Waals surface area (Å²) in [6.07, 6.45) is 5.26. The van der Waals surface area contributed by atoms with Crippen LogP contribution in [0.15, 0.2) is 0 Å². The van der Waals surface area contributed by atoms with Gasteiger partial charge in [-0.1, -0.05) is 27.2 Å². The van der Waals surface area contributed by atoms with Crippen molar-refractivity contribution in [2.24, 2.45) is 11.3 Å². The molecule has 0 unspecified atom stereocenters. The first-order valence-electron chi connectivity index (χ1n) is 6.36. The maximum absolute atomic E-state index is 11.4. The fourth-order valence-electron chi connectivity index (χ4n) is 2.57. The van der Waals surface area contributed by atoms with E-state index in [4.69, 9.17) is 11.6 Å². The van der Waals surface area contributed by atoms with Crippen molar-refractivity contribution < 1.29 is 8.42 Å². The Hall–Kier alpha value is 0.200. The van der Waals surface area contributed by atoms with Gasteiger partial charge in [-0.15, -0.1) is 11.6 Å². The maximum Gasteiger partial charge on any atom is 0.225 e. The second-order valence-electron chi connectivity index (χ2n) is 5.73. The molecule has 3 nitrogen and oxygen atoms in total. The number of sulfonamides is 1. The summed E-state index contributed by atoms with van der Waals surface area (Å²) in [6, 6.07) is 0.0858. The quantitative estimate of drug-likeness (QED) is 0.787. The van der Waals surface area contributed by atoms with E-state index in [1.165, 1.54) is 6.42 Å². The lowest BCUT2D eigenvalue weighted by Crippen LogP contribution is -2.40. The van der Waals surface area contributed by atoms with Gasteiger partial charge in [-0.05, 0) is 37.0 Å². The number of halogens is 1. The molecule has 17 heavy (non-hydrogen) atoms. The summed E-state index contributed by atoms with van der Waals surface area (Å²) in [6.45, 7) is 6.84. The van der Waals surface area contributed by atoms with Crippen LogP contribution in [0.2, 0.25) is 0 Å². The van der Waals surface area contributed by atoms with Gasteiger partial charge in [0, 0.05) is 6.04 Å². The van der Waals surface area contributed by atoms with Crippen LogP contribution in [0, 0.1) is 11.3 Å². The van der Waals surface area contributed by atoms with Gasteiger partial charge in [0.05, 0.1) is 0 Å². The summed E-state index contributed by atoms with van der Waals surface area (Å²) < 4.78 is 25.4. The smallest absolute Gasteiger partial charge is 0.211 e. The molecule has 1 aliphatic carbocycles. The Labute approximate surface area is 110 Å². The molecule has 0 amide bonds. The predicted octanol–water partition coefficient (Wildman–Crippen LogP) is 3.10. The molecule has 0 heterocycles. The summed E-state index contributed by atoms with van der Waals surface area (Å²) in [5.41, 5.74) is 0.371. The van der Waals surface area contributed by atoms with Gasteiger partial charge in [-0.3, -0.25) is 0 Å². The molecule has 1 rings (SSSR count). The van der Waals surface area contributed by atoms with Crippen LogP contribution in [-0.2, 0) is 10.0 Å². The zero-order valence-electron chi connectivity index (χ0n) is 11.0. The Morgan fingerprint density at radius 1 is 1.24 bits per heavy atom. The van der Waals surface area contributed by atoms with Gasteiger partial charge in [-0.25, -0.2) is 13.1 Å². The van der Waals surface area contributed by atoms with Crippen LogP contribution in [0.3, 0.4) is 0 Å². The Balaban J connectivity index is 2.47. The molecule has 1 N–H and O–H groups in total. The van der Waals surface area contributed by atoms with Crippen LogP contribution in [0.25, 0.3) is 0 Å². The van der Waals surface area contributed by atoms with Crippen LogP contribution in [-0.4, -0.2) is 19.7 Å². The average molecular weight is 282 g/mol. The second-order valence-corrected chi connectivity index (χ2v) is 8.07. The molecule has 0 aromatic heterocycles. The van der Waals surface area contributed by atoms with E-state index < -0.39 is 10.0 Å². The minimum atomic E-state index is -3.26. The van der Waals surface area contributed by atoms with E-state index in [-0.39, 0.29) is 11.3 Å². The highest BCUT2D eigenvalue weighted by Crippen LogP contribution is 2.40. The van der Waals surface area contributed by atoms with Gasteiger partial charge in [-0.2, -0.15) is 0 Å². The Bertz CT molecular complexity index is 332. The minimum Gasteiger partial charge on any atom is -0.211 e. The summed E-state index contributed by atoms with van der Waals surface area (Å²) in [4.78, 5) is 0. The lowest BCUT2D eigenvalue weighted by molar-refractivity contribution is 0.142. The Kier molecular flexibility index (Phi) is 5.29. The van der Waals surface area contributed by atoms with Crippen molar-refractivity contribution in [2.75, 3.05) is 5.21 Å². The van der Waals surface area contributed by atoms with E-state index in [0.29, 0.717) is 11.3 Å². The molecule has 5 heteroatoms. The third-order valence-electron chi connectivity index (χ3n) is 4.23. The SMILES string of the molecule is CCC(C)(C)C1CCC(NS(=O)(=O)CCl)CC1. The summed E-state index contributed by atoms with van der Waals surface area (Å²) in [5, 5.41) is -0.340. The van der Waals surface area contributed by atoms with Gasteiger partial charge >= 0.3 is 0 Å². The molecule has 1 saturated carbocycles. The van der Waals surface area contributed by atoms with Crippen LogP contribution < -0.4 is 4.72 Å². The topological polar surface area (TPSA) is 46.2 Å². The van der Waals surface area contributed by atoms with Crippen molar-refractivity contribution in [3.8, 4) is 0 Å². The molecule has 0 saturated heterocycles. The van der Waals surface area contributed by atoms with E-state index >= 15 is 0 Å². The number of hydrogen-bond acceptors (Lipinski definition) is 2. The van der Waals surface area contributed by atoms with Crippen molar-refractivity contribution in [3.63, 3.8) is 0 Å². The average Bonchev–Trinajstić information content (AvgIpc) is 2.29. The number of alkyl halides is 1. The van der Waals surface area contributed by atoms with Gasteiger partial charge in [0.15, 0.2) is 0 Å². The molecule has 1 aliphatic rings. The fourth-order valence-corrected chi connectivity index (χ4v) is 3.56. The van der Waals surface area contributed by atoms with E-state index in [2.05, 4.69) is 25.5 Å². The highest BCUT2D eigenvalue weighted by molar-refractivity contribution is 7.90. The van der Waals surface area contributed by atoms with E-state index in [1.807, 2.05) is 0 Å². The number of nitrogens with one attached hydrogen (secondary N) is 1. The number of hydrogen-bond donors (Lipinski definition) is 1. The molecule has 1 fully saturated rings. The molecular formula is C12H24ClNO2S. The monoisotopic (exact) mass is 281 g/mol. The van der Waals surface area contributed by atoms with Crippen molar-refractivity contribution in [3.05, 3.63) is 0 Å². The van der Waals surface area contributed by atoms with Crippen molar-refractivity contribution in [2.45, 2.75) is 58.9 Å². The molecule has 0 atom stereocenters. The van der Waals surface area contributed by atoms with Gasteiger partial charge in [0.2, 0.25) is 10.0 Å². The summed E-state index contributed by atoms with van der Waals surface area (Å²) >= 11 is 5.39. The normalized spacial score (nSPS) is 27.1. The van der Waals surface area contributed by atoms with Gasteiger partial charge in [0.25, 0.3) is 0 Å². The summed E-state index contributed by atoms with van der Waals surface area (Å²) in [7, 11) is -3.26. The first-order valence-corrected chi connectivity index (χ1v) is 8.55. The summed E-state index contributed by atoms with van der Waals surface area (Å²) in [5.74, 6) is 0.712. The number of rotatable bonds is 5. The zero-order valence-corrected chi connectivity index (χ0v) is 12.6. The lowest BCUT2D eigenvalue weighted by atomic mass is 9.69. The van der Waals surface area contributed by atoms with E-state index in [9.17, 15) is 8.42 Å². The van der Waals surface area contributed by atoms with E-state index in [0.717, 1.165) is 25.7 Å². The van der Waals surface area contributed by atoms with E-state index in [1.54, 1.807) is 0 Å². The Morgan fingerprint density at radius 3 is 2.18 bits per heavy atom. The van der Waals surface area contributed by atoms with Crippen molar-refractivity contribution in [1.82, 2.24) is 4.72 Å². The van der Waals surface area contributed by atoms with Crippen molar-refractivity contribution in [1.29, 1.82) is 0 Å². The first kappa shape index (κ1) is 15.3. The molecule has 0 spiro atoms. The first-order chi connectivity index (χ1) is 7.80. The lowest BCUT2D eigenvalue weighted by Gasteiger charge is -2.38. The molecular weight excluding hydrogens is 258 g/mol.